The van der Waals surface area contributed by atoms with Gasteiger partial charge in [0.2, 0.25) is 0 Å². The highest BCUT2D eigenvalue weighted by Crippen LogP contribution is 2.25. The molecule has 2 aromatic rings. The number of hydrogen-bond acceptors (Lipinski definition) is 3. The van der Waals surface area contributed by atoms with Crippen LogP contribution in [-0.2, 0) is 0 Å². The van der Waals surface area contributed by atoms with Gasteiger partial charge < -0.3 is 9.80 Å². The quantitative estimate of drug-likeness (QED) is 0.791. The summed E-state index contributed by atoms with van der Waals surface area (Å²) in [6, 6.07) is 10.1. The molecule has 0 unspecified atom stereocenters. The molecular weight excluding hydrogens is 246 g/mol. The molecule has 1 heterocycles. The first-order valence-corrected chi connectivity index (χ1v) is 6.37. The van der Waals surface area contributed by atoms with Crippen LogP contribution in [0.1, 0.15) is 0 Å². The highest BCUT2D eigenvalue weighted by molar-refractivity contribution is 6.34. The summed E-state index contributed by atoms with van der Waals surface area (Å²) in [6.45, 7) is 1.91. The Balaban J connectivity index is 2.28. The van der Waals surface area contributed by atoms with Gasteiger partial charge >= 0.3 is 0 Å². The van der Waals surface area contributed by atoms with E-state index >= 15 is 0 Å². The van der Waals surface area contributed by atoms with Gasteiger partial charge in [0.1, 0.15) is 11.0 Å². The minimum Gasteiger partial charge on any atom is -0.358 e. The molecule has 0 aliphatic carbocycles. The van der Waals surface area contributed by atoms with E-state index in [-0.39, 0.29) is 0 Å². The highest BCUT2D eigenvalue weighted by Gasteiger charge is 2.07. The van der Waals surface area contributed by atoms with Crippen LogP contribution in [0.15, 0.2) is 30.3 Å². The molecule has 0 fully saturated rings. The van der Waals surface area contributed by atoms with Crippen LogP contribution in [0.4, 0.5) is 5.82 Å². The van der Waals surface area contributed by atoms with Crippen molar-refractivity contribution in [2.24, 2.45) is 0 Å². The maximum absolute atomic E-state index is 6.22. The average Bonchev–Trinajstić information content (AvgIpc) is 2.36. The first-order valence-electron chi connectivity index (χ1n) is 5.99. The first kappa shape index (κ1) is 13.1. The Morgan fingerprint density at radius 2 is 1.83 bits per heavy atom. The number of benzene rings is 1. The normalized spacial score (nSPS) is 11.2. The fourth-order valence-electron chi connectivity index (χ4n) is 1.80. The molecule has 2 rings (SSSR count). The van der Waals surface area contributed by atoms with E-state index in [0.29, 0.717) is 5.15 Å². The Morgan fingerprint density at radius 1 is 1.11 bits per heavy atom. The maximum atomic E-state index is 6.22. The Bertz CT molecular complexity index is 540. The van der Waals surface area contributed by atoms with Crippen LogP contribution in [0, 0.1) is 0 Å². The van der Waals surface area contributed by atoms with Gasteiger partial charge in [-0.05, 0) is 25.5 Å². The monoisotopic (exact) mass is 263 g/mol. The Kier molecular flexibility index (Phi) is 4.04. The van der Waals surface area contributed by atoms with Gasteiger partial charge in [-0.1, -0.05) is 35.9 Å². The van der Waals surface area contributed by atoms with Gasteiger partial charge in [-0.2, -0.15) is 0 Å². The maximum Gasteiger partial charge on any atom is 0.139 e. The number of rotatable bonds is 4. The molecule has 4 heteroatoms. The summed E-state index contributed by atoms with van der Waals surface area (Å²) in [5.41, 5.74) is 0. The number of nitrogens with zero attached hydrogens (tertiary/aromatic N) is 3. The van der Waals surface area contributed by atoms with Gasteiger partial charge in [-0.15, -0.1) is 0 Å². The lowest BCUT2D eigenvalue weighted by Crippen LogP contribution is -2.29. The Morgan fingerprint density at radius 3 is 2.56 bits per heavy atom. The fourth-order valence-corrected chi connectivity index (χ4v) is 2.06. The molecule has 18 heavy (non-hydrogen) atoms. The van der Waals surface area contributed by atoms with Crippen molar-refractivity contribution < 1.29 is 0 Å². The summed E-state index contributed by atoms with van der Waals surface area (Å²) in [7, 11) is 6.17. The molecule has 0 saturated carbocycles. The van der Waals surface area contributed by atoms with E-state index in [1.807, 2.05) is 25.2 Å². The zero-order valence-corrected chi connectivity index (χ0v) is 11.8. The third-order valence-corrected chi connectivity index (χ3v) is 3.24. The largest absolute Gasteiger partial charge is 0.358 e. The van der Waals surface area contributed by atoms with Crippen LogP contribution in [0.3, 0.4) is 0 Å². The third kappa shape index (κ3) is 2.92. The lowest BCUT2D eigenvalue weighted by atomic mass is 10.2. The van der Waals surface area contributed by atoms with Crippen molar-refractivity contribution in [1.29, 1.82) is 0 Å². The van der Waals surface area contributed by atoms with Crippen LogP contribution < -0.4 is 4.90 Å². The van der Waals surface area contributed by atoms with E-state index in [0.717, 1.165) is 29.7 Å². The van der Waals surface area contributed by atoms with Crippen molar-refractivity contribution in [1.82, 2.24) is 9.88 Å². The van der Waals surface area contributed by atoms with Crippen molar-refractivity contribution in [3.63, 3.8) is 0 Å². The van der Waals surface area contributed by atoms with Crippen LogP contribution in [0.2, 0.25) is 5.15 Å². The molecule has 0 bridgehead atoms. The third-order valence-electron chi connectivity index (χ3n) is 2.95. The molecule has 0 amide bonds. The van der Waals surface area contributed by atoms with Gasteiger partial charge in [0.15, 0.2) is 0 Å². The second-order valence-electron chi connectivity index (χ2n) is 4.72. The smallest absolute Gasteiger partial charge is 0.139 e. The van der Waals surface area contributed by atoms with Gasteiger partial charge in [0, 0.05) is 25.5 Å². The van der Waals surface area contributed by atoms with Crippen LogP contribution in [-0.4, -0.2) is 44.1 Å². The lowest BCUT2D eigenvalue weighted by Gasteiger charge is -2.21. The molecular formula is C14H18ClN3. The zero-order chi connectivity index (χ0) is 13.1. The molecule has 0 atom stereocenters. The van der Waals surface area contributed by atoms with Gasteiger partial charge in [-0.25, -0.2) is 4.98 Å². The number of pyridine rings is 1. The van der Waals surface area contributed by atoms with E-state index in [1.165, 1.54) is 0 Å². The zero-order valence-electron chi connectivity index (χ0n) is 11.0. The minimum atomic E-state index is 0.569. The molecule has 1 aromatic heterocycles. The summed E-state index contributed by atoms with van der Waals surface area (Å²) >= 11 is 6.22. The second-order valence-corrected chi connectivity index (χ2v) is 5.08. The fraction of sp³-hybridized carbons (Fsp3) is 0.357. The predicted octanol–water partition coefficient (Wildman–Crippen LogP) is 2.89. The molecule has 0 saturated heterocycles. The minimum absolute atomic E-state index is 0.569. The number of hydrogen-bond donors (Lipinski definition) is 0. The predicted molar refractivity (Wildman–Crippen MR) is 78.6 cm³/mol. The molecule has 0 spiro atoms. The van der Waals surface area contributed by atoms with Crippen molar-refractivity contribution in [3.05, 3.63) is 35.5 Å². The molecule has 96 valence electrons. The second kappa shape index (κ2) is 5.55. The molecule has 1 aromatic carbocycles. The van der Waals surface area contributed by atoms with E-state index < -0.39 is 0 Å². The van der Waals surface area contributed by atoms with Gasteiger partial charge in [0.05, 0.1) is 0 Å². The van der Waals surface area contributed by atoms with E-state index in [2.05, 4.69) is 41.0 Å². The summed E-state index contributed by atoms with van der Waals surface area (Å²) in [5, 5.41) is 2.70. The average molecular weight is 264 g/mol. The number of anilines is 1. The van der Waals surface area contributed by atoms with Crippen LogP contribution in [0.25, 0.3) is 10.8 Å². The highest BCUT2D eigenvalue weighted by atomic mass is 35.5. The molecule has 0 radical (unpaired) electrons. The van der Waals surface area contributed by atoms with Crippen molar-refractivity contribution in [2.45, 2.75) is 0 Å². The summed E-state index contributed by atoms with van der Waals surface area (Å²) in [5.74, 6) is 0.917. The number of aromatic nitrogens is 1. The van der Waals surface area contributed by atoms with Crippen molar-refractivity contribution >= 4 is 28.2 Å². The van der Waals surface area contributed by atoms with Gasteiger partial charge in [-0.3, -0.25) is 0 Å². The number of fused-ring (bicyclic) bond motifs is 1. The SMILES string of the molecule is CN(C)CCN(C)c1cc2ccccc2c(Cl)n1. The van der Waals surface area contributed by atoms with Gasteiger partial charge in [0.25, 0.3) is 0 Å². The van der Waals surface area contributed by atoms with E-state index in [9.17, 15) is 0 Å². The summed E-state index contributed by atoms with van der Waals surface area (Å²) < 4.78 is 0. The van der Waals surface area contributed by atoms with E-state index in [1.54, 1.807) is 0 Å². The van der Waals surface area contributed by atoms with Crippen molar-refractivity contribution in [2.75, 3.05) is 39.1 Å². The standard InChI is InChI=1S/C14H18ClN3/c1-17(2)8-9-18(3)13-10-11-6-4-5-7-12(11)14(15)16-13/h4-7,10H,8-9H2,1-3H3. The molecule has 0 aliphatic rings. The number of likely N-dealkylation sites (N-methyl/N-ethyl adjacent to an activating group) is 2. The Labute approximate surface area is 113 Å². The summed E-state index contributed by atoms with van der Waals surface area (Å²) in [4.78, 5) is 8.73. The summed E-state index contributed by atoms with van der Waals surface area (Å²) in [6.07, 6.45) is 0. The van der Waals surface area contributed by atoms with Crippen LogP contribution in [0.5, 0.6) is 0 Å². The first-order chi connectivity index (χ1) is 8.58. The van der Waals surface area contributed by atoms with Crippen molar-refractivity contribution in [3.8, 4) is 0 Å². The Hall–Kier alpha value is -1.32. The molecule has 3 nitrogen and oxygen atoms in total. The molecule has 0 N–H and O–H groups in total. The lowest BCUT2D eigenvalue weighted by molar-refractivity contribution is 0.416. The topological polar surface area (TPSA) is 19.4 Å². The van der Waals surface area contributed by atoms with E-state index in [4.69, 9.17) is 11.6 Å². The molecule has 0 aliphatic heterocycles. The number of halogens is 1. The van der Waals surface area contributed by atoms with Crippen LogP contribution >= 0.6 is 11.6 Å².